The van der Waals surface area contributed by atoms with Crippen LogP contribution in [-0.4, -0.2) is 71.9 Å². The van der Waals surface area contributed by atoms with Gasteiger partial charge in [0.25, 0.3) is 0 Å². The third-order valence-corrected chi connectivity index (χ3v) is 11.0. The number of aromatic nitrogens is 4. The highest BCUT2D eigenvalue weighted by Gasteiger charge is 2.35. The number of benzene rings is 1. The Bertz CT molecular complexity index is 1500. The maximum Gasteiger partial charge on any atom is 0.308 e. The molecule has 0 spiro atoms. The Hall–Kier alpha value is -2.51. The van der Waals surface area contributed by atoms with E-state index in [1.165, 1.54) is 19.7 Å². The minimum absolute atomic E-state index is 0.0934. The molecule has 10 nitrogen and oxygen atoms in total. The Morgan fingerprint density at radius 1 is 1.07 bits per heavy atom. The van der Waals surface area contributed by atoms with Gasteiger partial charge in [-0.2, -0.15) is 17.8 Å². The fourth-order valence-electron chi connectivity index (χ4n) is 5.33. The molecule has 43 heavy (non-hydrogen) atoms. The Morgan fingerprint density at radius 2 is 1.74 bits per heavy atom. The molecule has 1 unspecified atom stereocenters. The first kappa shape index (κ1) is 33.4. The third kappa shape index (κ3) is 8.16. The highest BCUT2D eigenvalue weighted by atomic mass is 32.2. The van der Waals surface area contributed by atoms with Crippen molar-refractivity contribution in [3.63, 3.8) is 0 Å². The third-order valence-electron chi connectivity index (χ3n) is 7.60. The van der Waals surface area contributed by atoms with Gasteiger partial charge in [0.05, 0.1) is 11.9 Å². The Kier molecular flexibility index (Phi) is 9.68. The second-order valence-electron chi connectivity index (χ2n) is 14.6. The molecule has 0 bridgehead atoms. The lowest BCUT2D eigenvalue weighted by Crippen LogP contribution is -2.35. The number of ether oxygens (including phenoxy) is 1. The molecule has 238 valence electrons. The van der Waals surface area contributed by atoms with E-state index in [0.29, 0.717) is 18.8 Å². The highest BCUT2D eigenvalue weighted by Crippen LogP contribution is 2.35. The van der Waals surface area contributed by atoms with Gasteiger partial charge in [-0.25, -0.2) is 13.6 Å². The van der Waals surface area contributed by atoms with Crippen LogP contribution in [0.25, 0.3) is 0 Å². The van der Waals surface area contributed by atoms with Crippen molar-refractivity contribution < 1.29 is 18.3 Å². The van der Waals surface area contributed by atoms with Crippen LogP contribution in [0.4, 0.5) is 11.5 Å². The van der Waals surface area contributed by atoms with Crippen LogP contribution in [-0.2, 0) is 46.5 Å². The molecule has 0 fully saturated rings. The van der Waals surface area contributed by atoms with Gasteiger partial charge in [0.15, 0.2) is 5.82 Å². The smallest absolute Gasteiger partial charge is 0.308 e. The molecular formula is C31H50N6O4SSi. The lowest BCUT2D eigenvalue weighted by molar-refractivity contribution is 0.0473. The van der Waals surface area contributed by atoms with Crippen LogP contribution in [0.2, 0.25) is 25.7 Å². The molecular weight excluding hydrogens is 581 g/mol. The van der Waals surface area contributed by atoms with Crippen LogP contribution < -0.4 is 4.90 Å². The van der Waals surface area contributed by atoms with Gasteiger partial charge in [-0.15, -0.1) is 0 Å². The summed E-state index contributed by atoms with van der Waals surface area (Å²) >= 11 is 0. The first-order chi connectivity index (χ1) is 19.9. The molecule has 1 N–H and O–H groups in total. The summed E-state index contributed by atoms with van der Waals surface area (Å²) in [6.45, 7) is 16.9. The number of aliphatic hydroxyl groups is 1. The van der Waals surface area contributed by atoms with E-state index < -0.39 is 23.9 Å². The zero-order chi connectivity index (χ0) is 31.8. The molecule has 0 saturated carbocycles. The predicted molar refractivity (Wildman–Crippen MR) is 175 cm³/mol. The Labute approximate surface area is 258 Å². The van der Waals surface area contributed by atoms with Crippen molar-refractivity contribution >= 4 is 29.8 Å². The van der Waals surface area contributed by atoms with Crippen molar-refractivity contribution in [3.05, 3.63) is 59.3 Å². The van der Waals surface area contributed by atoms with Gasteiger partial charge in [0.1, 0.15) is 18.1 Å². The van der Waals surface area contributed by atoms with Crippen molar-refractivity contribution in [3.8, 4) is 0 Å². The topological polar surface area (TPSA) is 106 Å². The maximum absolute atomic E-state index is 13.2. The monoisotopic (exact) mass is 630 g/mol. The molecule has 3 heterocycles. The minimum atomic E-state index is -3.88. The van der Waals surface area contributed by atoms with Crippen molar-refractivity contribution in [1.29, 1.82) is 0 Å². The average Bonchev–Trinajstić information content (AvgIpc) is 3.50. The second-order valence-corrected chi connectivity index (χ2v) is 22.2. The normalized spacial score (nSPS) is 16.0. The van der Waals surface area contributed by atoms with Crippen molar-refractivity contribution in [2.75, 3.05) is 32.1 Å². The number of fused-ring (bicyclic) bond motifs is 1. The van der Waals surface area contributed by atoms with E-state index >= 15 is 0 Å². The summed E-state index contributed by atoms with van der Waals surface area (Å²) in [7, 11) is -2.08. The van der Waals surface area contributed by atoms with E-state index in [1.807, 2.05) is 23.0 Å². The number of nitrogens with zero attached hydrogens (tertiary/aromatic N) is 6. The van der Waals surface area contributed by atoms with Gasteiger partial charge in [0, 0.05) is 59.2 Å². The van der Waals surface area contributed by atoms with E-state index in [2.05, 4.69) is 67.5 Å². The molecule has 0 aliphatic carbocycles. The SMILES string of the molecule is CN(C)S(=O)(=O)n1cc(CC(C)(C)C)nc1C(C)(O)Cc1ccc(N2CCCc3cnn(COCC[Si](C)(C)C)c32)cc1. The molecule has 12 heteroatoms. The first-order valence-corrected chi connectivity index (χ1v) is 20.2. The molecule has 4 rings (SSSR count). The summed E-state index contributed by atoms with van der Waals surface area (Å²) in [5.41, 5.74) is 2.15. The highest BCUT2D eigenvalue weighted by molar-refractivity contribution is 7.87. The largest absolute Gasteiger partial charge is 0.382 e. The van der Waals surface area contributed by atoms with Gasteiger partial charge in [-0.1, -0.05) is 52.5 Å². The van der Waals surface area contributed by atoms with Gasteiger partial charge in [-0.3, -0.25) is 0 Å². The summed E-state index contributed by atoms with van der Waals surface area (Å²) < 4.78 is 36.6. The Balaban J connectivity index is 1.55. The molecule has 1 aliphatic heterocycles. The van der Waals surface area contributed by atoms with Crippen LogP contribution in [0.3, 0.4) is 0 Å². The van der Waals surface area contributed by atoms with Crippen molar-refractivity contribution in [2.45, 2.75) is 91.4 Å². The zero-order valence-corrected chi connectivity index (χ0v) is 29.2. The fourth-order valence-corrected chi connectivity index (χ4v) is 7.15. The lowest BCUT2D eigenvalue weighted by Gasteiger charge is -2.30. The van der Waals surface area contributed by atoms with Crippen LogP contribution in [0.1, 0.15) is 56.8 Å². The Morgan fingerprint density at radius 3 is 2.35 bits per heavy atom. The molecule has 1 atom stereocenters. The van der Waals surface area contributed by atoms with E-state index in [9.17, 15) is 13.5 Å². The zero-order valence-electron chi connectivity index (χ0n) is 27.4. The van der Waals surface area contributed by atoms with E-state index in [0.717, 1.165) is 57.4 Å². The van der Waals surface area contributed by atoms with Gasteiger partial charge < -0.3 is 14.7 Å². The van der Waals surface area contributed by atoms with Gasteiger partial charge in [0.2, 0.25) is 0 Å². The molecule has 2 aromatic heterocycles. The van der Waals surface area contributed by atoms with Gasteiger partial charge in [-0.05, 0) is 55.3 Å². The summed E-state index contributed by atoms with van der Waals surface area (Å²) in [5.74, 6) is 1.18. The van der Waals surface area contributed by atoms with E-state index in [1.54, 1.807) is 13.1 Å². The summed E-state index contributed by atoms with van der Waals surface area (Å²) in [6, 6.07) is 9.21. The number of anilines is 2. The standard InChI is InChI=1S/C31H50N6O4SSi/c1-30(2,3)20-26-22-37(42(39,40)34(5)6)29(33-26)31(4,38)19-24-12-14-27(15-13-24)35-16-10-11-25-21-32-36(28(25)35)23-41-17-18-43(7,8)9/h12-15,21-22,38H,10-11,16-20,23H2,1-9H3. The number of hydrogen-bond donors (Lipinski definition) is 1. The summed E-state index contributed by atoms with van der Waals surface area (Å²) in [5, 5.41) is 16.3. The maximum atomic E-state index is 13.2. The first-order valence-electron chi connectivity index (χ1n) is 15.1. The number of imidazole rings is 1. The van der Waals surface area contributed by atoms with E-state index in [-0.39, 0.29) is 17.7 Å². The van der Waals surface area contributed by atoms with Crippen molar-refractivity contribution in [1.82, 2.24) is 23.0 Å². The lowest BCUT2D eigenvalue weighted by atomic mass is 9.91. The fraction of sp³-hybridized carbons (Fsp3) is 0.613. The molecule has 1 aromatic carbocycles. The molecule has 0 saturated heterocycles. The summed E-state index contributed by atoms with van der Waals surface area (Å²) in [6.07, 6.45) is 6.30. The molecule has 0 radical (unpaired) electrons. The van der Waals surface area contributed by atoms with Crippen LogP contribution >= 0.6 is 0 Å². The van der Waals surface area contributed by atoms with Crippen LogP contribution in [0.15, 0.2) is 36.7 Å². The average molecular weight is 631 g/mol. The number of aryl methyl sites for hydroxylation is 1. The number of hydrogen-bond acceptors (Lipinski definition) is 7. The van der Waals surface area contributed by atoms with Crippen LogP contribution in [0, 0.1) is 5.41 Å². The van der Waals surface area contributed by atoms with Crippen molar-refractivity contribution in [2.24, 2.45) is 5.41 Å². The predicted octanol–water partition coefficient (Wildman–Crippen LogP) is 5.17. The van der Waals surface area contributed by atoms with Crippen LogP contribution in [0.5, 0.6) is 0 Å². The molecule has 0 amide bonds. The van der Waals surface area contributed by atoms with E-state index in [4.69, 9.17) is 4.74 Å². The molecule has 1 aliphatic rings. The minimum Gasteiger partial charge on any atom is -0.382 e. The summed E-state index contributed by atoms with van der Waals surface area (Å²) in [4.78, 5) is 6.94. The molecule has 3 aromatic rings. The second kappa shape index (κ2) is 12.5. The quantitative estimate of drug-likeness (QED) is 0.217. The number of rotatable bonds is 12. The van der Waals surface area contributed by atoms with Gasteiger partial charge >= 0.3 is 10.2 Å².